The molecule has 1 aliphatic heterocycles. The maximum Gasteiger partial charge on any atom is 0.416 e. The van der Waals surface area contributed by atoms with Crippen molar-refractivity contribution in [1.29, 1.82) is 0 Å². The Kier molecular flexibility index (Phi) is 4.63. The molecule has 2 heterocycles. The van der Waals surface area contributed by atoms with Crippen LogP contribution in [0.4, 0.5) is 13.2 Å². The summed E-state index contributed by atoms with van der Waals surface area (Å²) in [5.74, 6) is 0. The Morgan fingerprint density at radius 3 is 2.26 bits per heavy atom. The fourth-order valence-corrected chi connectivity index (χ4v) is 2.90. The van der Waals surface area contributed by atoms with Crippen molar-refractivity contribution in [1.82, 2.24) is 15.2 Å². The van der Waals surface area contributed by atoms with Gasteiger partial charge in [-0.1, -0.05) is 18.2 Å². The summed E-state index contributed by atoms with van der Waals surface area (Å²) in [7, 11) is 0. The molecule has 0 radical (unpaired) electrons. The van der Waals surface area contributed by atoms with Gasteiger partial charge in [-0.3, -0.25) is 9.88 Å². The molecule has 6 heteroatoms. The van der Waals surface area contributed by atoms with Crippen LogP contribution in [-0.2, 0) is 6.18 Å². The molecule has 1 aromatic heterocycles. The SMILES string of the molecule is FC(F)(F)c1ccc(C(c2ccccn2)N2CCNCC2)cc1. The second-order valence-electron chi connectivity index (χ2n) is 5.56. The van der Waals surface area contributed by atoms with Gasteiger partial charge in [-0.15, -0.1) is 0 Å². The van der Waals surface area contributed by atoms with Crippen LogP contribution in [0.3, 0.4) is 0 Å². The number of hydrogen-bond acceptors (Lipinski definition) is 3. The summed E-state index contributed by atoms with van der Waals surface area (Å²) in [5.41, 5.74) is 1.06. The van der Waals surface area contributed by atoms with Gasteiger partial charge in [0.25, 0.3) is 0 Å². The first-order valence-electron chi connectivity index (χ1n) is 7.58. The lowest BCUT2D eigenvalue weighted by atomic mass is 9.99. The lowest BCUT2D eigenvalue weighted by molar-refractivity contribution is -0.137. The zero-order valence-corrected chi connectivity index (χ0v) is 12.6. The van der Waals surface area contributed by atoms with Gasteiger partial charge in [0.15, 0.2) is 0 Å². The van der Waals surface area contributed by atoms with Crippen molar-refractivity contribution >= 4 is 0 Å². The minimum Gasteiger partial charge on any atom is -0.314 e. The molecule has 1 fully saturated rings. The molecule has 3 rings (SSSR count). The first kappa shape index (κ1) is 16.0. The van der Waals surface area contributed by atoms with Crippen molar-refractivity contribution in [3.8, 4) is 0 Å². The first-order valence-corrected chi connectivity index (χ1v) is 7.58. The van der Waals surface area contributed by atoms with Crippen molar-refractivity contribution in [2.75, 3.05) is 26.2 Å². The highest BCUT2D eigenvalue weighted by Crippen LogP contribution is 2.32. The summed E-state index contributed by atoms with van der Waals surface area (Å²) in [6.45, 7) is 3.40. The van der Waals surface area contributed by atoms with Crippen molar-refractivity contribution in [2.45, 2.75) is 12.2 Å². The number of aromatic nitrogens is 1. The van der Waals surface area contributed by atoms with Gasteiger partial charge in [-0.05, 0) is 29.8 Å². The van der Waals surface area contributed by atoms with Crippen LogP contribution < -0.4 is 5.32 Å². The van der Waals surface area contributed by atoms with E-state index in [0.29, 0.717) is 0 Å². The van der Waals surface area contributed by atoms with E-state index in [1.54, 1.807) is 18.3 Å². The first-order chi connectivity index (χ1) is 11.1. The van der Waals surface area contributed by atoms with Crippen LogP contribution in [0.2, 0.25) is 0 Å². The molecular formula is C17H18F3N3. The highest BCUT2D eigenvalue weighted by atomic mass is 19.4. The van der Waals surface area contributed by atoms with E-state index >= 15 is 0 Å². The lowest BCUT2D eigenvalue weighted by Crippen LogP contribution is -2.45. The lowest BCUT2D eigenvalue weighted by Gasteiger charge is -2.35. The standard InChI is InChI=1S/C17H18F3N3/c18-17(19,20)14-6-4-13(5-7-14)16(15-3-1-2-8-22-15)23-11-9-21-10-12-23/h1-8,16,21H,9-12H2. The van der Waals surface area contributed by atoms with Crippen LogP contribution in [0.25, 0.3) is 0 Å². The number of nitrogens with one attached hydrogen (secondary N) is 1. The predicted molar refractivity (Wildman–Crippen MR) is 82.0 cm³/mol. The second kappa shape index (κ2) is 6.68. The van der Waals surface area contributed by atoms with E-state index in [9.17, 15) is 13.2 Å². The topological polar surface area (TPSA) is 28.2 Å². The predicted octanol–water partition coefficient (Wildman–Crippen LogP) is 3.10. The van der Waals surface area contributed by atoms with E-state index in [1.165, 1.54) is 0 Å². The molecule has 0 bridgehead atoms. The van der Waals surface area contributed by atoms with Crippen molar-refractivity contribution in [3.63, 3.8) is 0 Å². The Balaban J connectivity index is 1.94. The number of alkyl halides is 3. The second-order valence-corrected chi connectivity index (χ2v) is 5.56. The Bertz CT molecular complexity index is 620. The number of halogens is 3. The average molecular weight is 321 g/mol. The van der Waals surface area contributed by atoms with Gasteiger partial charge in [-0.25, -0.2) is 0 Å². The largest absolute Gasteiger partial charge is 0.416 e. The zero-order valence-electron chi connectivity index (χ0n) is 12.6. The zero-order chi connectivity index (χ0) is 16.3. The quantitative estimate of drug-likeness (QED) is 0.941. The van der Waals surface area contributed by atoms with Gasteiger partial charge in [0, 0.05) is 32.4 Å². The molecule has 3 nitrogen and oxygen atoms in total. The normalized spacial score (nSPS) is 17.9. The van der Waals surface area contributed by atoms with Crippen LogP contribution in [0, 0.1) is 0 Å². The number of nitrogens with zero attached hydrogens (tertiary/aromatic N) is 2. The summed E-state index contributed by atoms with van der Waals surface area (Å²) in [6, 6.07) is 11.0. The van der Waals surface area contributed by atoms with Crippen LogP contribution >= 0.6 is 0 Å². The van der Waals surface area contributed by atoms with Crippen molar-refractivity contribution in [2.24, 2.45) is 0 Å². The van der Waals surface area contributed by atoms with E-state index in [-0.39, 0.29) is 6.04 Å². The van der Waals surface area contributed by atoms with Gasteiger partial charge < -0.3 is 5.32 Å². The average Bonchev–Trinajstić information content (AvgIpc) is 2.57. The van der Waals surface area contributed by atoms with E-state index < -0.39 is 11.7 Å². The van der Waals surface area contributed by atoms with E-state index in [0.717, 1.165) is 49.6 Å². The molecule has 0 aliphatic carbocycles. The smallest absolute Gasteiger partial charge is 0.314 e. The van der Waals surface area contributed by atoms with Crippen LogP contribution in [0.15, 0.2) is 48.7 Å². The molecule has 0 saturated carbocycles. The number of piperazine rings is 1. The van der Waals surface area contributed by atoms with Gasteiger partial charge >= 0.3 is 6.18 Å². The summed E-state index contributed by atoms with van der Waals surface area (Å²) >= 11 is 0. The monoisotopic (exact) mass is 321 g/mol. The summed E-state index contributed by atoms with van der Waals surface area (Å²) < 4.78 is 38.3. The third-order valence-electron chi connectivity index (χ3n) is 4.04. The molecule has 1 aliphatic rings. The molecule has 1 aromatic carbocycles. The van der Waals surface area contributed by atoms with Gasteiger partial charge in [0.2, 0.25) is 0 Å². The van der Waals surface area contributed by atoms with E-state index in [4.69, 9.17) is 0 Å². The fraction of sp³-hybridized carbons (Fsp3) is 0.353. The molecule has 2 aromatic rings. The highest BCUT2D eigenvalue weighted by Gasteiger charge is 2.31. The third-order valence-corrected chi connectivity index (χ3v) is 4.04. The summed E-state index contributed by atoms with van der Waals surface area (Å²) in [5, 5.41) is 3.29. The molecule has 1 saturated heterocycles. The van der Waals surface area contributed by atoms with Crippen LogP contribution in [0.1, 0.15) is 22.9 Å². The van der Waals surface area contributed by atoms with E-state index in [1.807, 2.05) is 18.2 Å². The molecule has 0 spiro atoms. The van der Waals surface area contributed by atoms with Gasteiger partial charge in [0.1, 0.15) is 0 Å². The Morgan fingerprint density at radius 2 is 1.70 bits per heavy atom. The minimum absolute atomic E-state index is 0.124. The molecule has 1 N–H and O–H groups in total. The van der Waals surface area contributed by atoms with Crippen LogP contribution in [0.5, 0.6) is 0 Å². The highest BCUT2D eigenvalue weighted by molar-refractivity contribution is 5.32. The number of rotatable bonds is 3. The Hall–Kier alpha value is -1.92. The number of pyridine rings is 1. The number of hydrogen-bond donors (Lipinski definition) is 1. The molecule has 23 heavy (non-hydrogen) atoms. The fourth-order valence-electron chi connectivity index (χ4n) is 2.90. The molecular weight excluding hydrogens is 303 g/mol. The van der Waals surface area contributed by atoms with Crippen molar-refractivity contribution < 1.29 is 13.2 Å². The third kappa shape index (κ3) is 3.71. The van der Waals surface area contributed by atoms with Crippen molar-refractivity contribution in [3.05, 3.63) is 65.5 Å². The summed E-state index contributed by atoms with van der Waals surface area (Å²) in [6.07, 6.45) is -2.59. The van der Waals surface area contributed by atoms with E-state index in [2.05, 4.69) is 15.2 Å². The maximum atomic E-state index is 12.8. The van der Waals surface area contributed by atoms with Gasteiger partial charge in [0.05, 0.1) is 17.3 Å². The molecule has 1 atom stereocenters. The Labute approximate surface area is 133 Å². The van der Waals surface area contributed by atoms with Crippen LogP contribution in [-0.4, -0.2) is 36.1 Å². The number of benzene rings is 1. The molecule has 122 valence electrons. The molecule has 0 amide bonds. The summed E-state index contributed by atoms with van der Waals surface area (Å²) in [4.78, 5) is 6.67. The molecule has 1 unspecified atom stereocenters. The van der Waals surface area contributed by atoms with Gasteiger partial charge in [-0.2, -0.15) is 13.2 Å². The minimum atomic E-state index is -4.31. The Morgan fingerprint density at radius 1 is 1.00 bits per heavy atom. The maximum absolute atomic E-state index is 12.8.